The van der Waals surface area contributed by atoms with Crippen LogP contribution in [0.25, 0.3) is 0 Å². The lowest BCUT2D eigenvalue weighted by Crippen LogP contribution is -2.67. The van der Waals surface area contributed by atoms with Crippen molar-refractivity contribution in [2.75, 3.05) is 44.4 Å². The number of alkyl carbamates (subject to hydrolysis) is 1. The fraction of sp³-hybridized carbons (Fsp3) is 0.676. The first-order chi connectivity index (χ1) is 26.7. The van der Waals surface area contributed by atoms with E-state index in [0.717, 1.165) is 4.90 Å². The standard InChI is InChI=1S/C34H52N4O17S/c1-18(41)38(32-28(48)27(47)30(22(16-40)53-32)55-33-29(49)26(46)25(45)21(15-39)54-33)11-5-12-56-13-10-35-23(42)9-8-20(31(50)36-14-24(43)44)37-34(51)52-17-19-6-3-2-4-7-19/h2-4,6-7,20-22,25-30,32-33,39-40,45-49H,5,8-17H2,1H3,(H,35,42)(H,36,50)(H,37,51)(H,43,44)/t20-,21+,22+,25+,26-,27+,28+,29+,30+,32+,33+/m0/s1. The number of carbonyl (C=O) groups is 5. The SMILES string of the molecule is CC(=O)N(CCCSCCNC(=O)CC[C@H](NC(=O)OCc1ccccc1)C(=O)NCC(=O)O)[C@@H]1O[C@H](CO)[C@@H](O[C@H]2O[C@H](CO)[C@@H](O)[C@H](O)[C@H]2O)[C@H](O)[C@H]1O. The number of hydrogen-bond donors (Lipinski definition) is 11. The molecule has 56 heavy (non-hydrogen) atoms. The highest BCUT2D eigenvalue weighted by molar-refractivity contribution is 7.99. The lowest BCUT2D eigenvalue weighted by molar-refractivity contribution is -0.347. The maximum atomic E-state index is 12.6. The Bertz CT molecular complexity index is 1410. The fourth-order valence-electron chi connectivity index (χ4n) is 5.82. The number of ether oxygens (including phenoxy) is 4. The predicted octanol–water partition coefficient (Wildman–Crippen LogP) is -4.03. The summed E-state index contributed by atoms with van der Waals surface area (Å²) in [5, 5.41) is 87.9. The molecule has 0 unspecified atom stereocenters. The zero-order chi connectivity index (χ0) is 41.4. The van der Waals surface area contributed by atoms with Crippen LogP contribution in [0.5, 0.6) is 0 Å². The predicted molar refractivity (Wildman–Crippen MR) is 192 cm³/mol. The molecule has 2 heterocycles. The third-order valence-corrected chi connectivity index (χ3v) is 9.91. The van der Waals surface area contributed by atoms with Crippen LogP contribution in [0.4, 0.5) is 4.79 Å². The van der Waals surface area contributed by atoms with Gasteiger partial charge < -0.3 is 80.6 Å². The minimum atomic E-state index is -1.82. The number of nitrogens with one attached hydrogen (secondary N) is 3. The Morgan fingerprint density at radius 3 is 2.21 bits per heavy atom. The number of benzene rings is 1. The summed E-state index contributed by atoms with van der Waals surface area (Å²) >= 11 is 1.42. The molecule has 21 nitrogen and oxygen atoms in total. The van der Waals surface area contributed by atoms with Crippen LogP contribution in [-0.4, -0.2) is 187 Å². The number of amides is 4. The van der Waals surface area contributed by atoms with Gasteiger partial charge in [-0.25, -0.2) is 4.79 Å². The molecule has 1 aromatic carbocycles. The highest BCUT2D eigenvalue weighted by Crippen LogP contribution is 2.30. The second-order valence-electron chi connectivity index (χ2n) is 13.0. The third-order valence-electron chi connectivity index (χ3n) is 8.84. The molecule has 0 aliphatic carbocycles. The molecule has 0 aromatic heterocycles. The maximum absolute atomic E-state index is 12.6. The Morgan fingerprint density at radius 2 is 1.57 bits per heavy atom. The number of carboxylic acids is 1. The van der Waals surface area contributed by atoms with Crippen molar-refractivity contribution in [3.63, 3.8) is 0 Å². The van der Waals surface area contributed by atoms with Gasteiger partial charge in [0.05, 0.1) is 13.2 Å². The number of carbonyl (C=O) groups excluding carboxylic acids is 4. The van der Waals surface area contributed by atoms with Crippen LogP contribution in [0.2, 0.25) is 0 Å². The van der Waals surface area contributed by atoms with Crippen molar-refractivity contribution in [1.82, 2.24) is 20.9 Å². The van der Waals surface area contributed by atoms with Crippen LogP contribution < -0.4 is 16.0 Å². The van der Waals surface area contributed by atoms with Gasteiger partial charge in [0.2, 0.25) is 17.7 Å². The van der Waals surface area contributed by atoms with E-state index in [1.54, 1.807) is 30.3 Å². The number of carboxylic acid groups (broad SMARTS) is 1. The average Bonchev–Trinajstić information content (AvgIpc) is 3.18. The van der Waals surface area contributed by atoms with Gasteiger partial charge >= 0.3 is 12.1 Å². The number of aliphatic hydroxyl groups is 7. The molecule has 11 N–H and O–H groups in total. The Hall–Kier alpha value is -3.68. The number of thioether (sulfide) groups is 1. The van der Waals surface area contributed by atoms with Crippen LogP contribution in [0.1, 0.15) is 31.7 Å². The second-order valence-corrected chi connectivity index (χ2v) is 14.2. The van der Waals surface area contributed by atoms with Gasteiger partial charge in [-0.15, -0.1) is 0 Å². The van der Waals surface area contributed by atoms with Gasteiger partial charge in [-0.05, 0) is 24.2 Å². The molecule has 316 valence electrons. The largest absolute Gasteiger partial charge is 0.480 e. The van der Waals surface area contributed by atoms with E-state index in [0.29, 0.717) is 23.5 Å². The van der Waals surface area contributed by atoms with Crippen molar-refractivity contribution in [3.05, 3.63) is 35.9 Å². The molecule has 0 saturated carbocycles. The van der Waals surface area contributed by atoms with Crippen molar-refractivity contribution in [3.8, 4) is 0 Å². The molecule has 2 aliphatic heterocycles. The van der Waals surface area contributed by atoms with E-state index in [4.69, 9.17) is 24.1 Å². The molecule has 0 spiro atoms. The summed E-state index contributed by atoms with van der Waals surface area (Å²) in [6, 6.07) is 7.53. The van der Waals surface area contributed by atoms with Crippen molar-refractivity contribution < 1.29 is 83.8 Å². The normalized spacial score (nSPS) is 28.1. The highest BCUT2D eigenvalue weighted by Gasteiger charge is 2.51. The first-order valence-electron chi connectivity index (χ1n) is 17.8. The van der Waals surface area contributed by atoms with Gasteiger partial charge in [-0.2, -0.15) is 11.8 Å². The zero-order valence-electron chi connectivity index (χ0n) is 30.6. The van der Waals surface area contributed by atoms with Gasteiger partial charge in [0.25, 0.3) is 0 Å². The third kappa shape index (κ3) is 14.1. The Labute approximate surface area is 326 Å². The Kier molecular flexibility index (Phi) is 19.6. The quantitative estimate of drug-likeness (QED) is 0.0526. The molecular weight excluding hydrogens is 768 g/mol. The molecule has 2 aliphatic rings. The Morgan fingerprint density at radius 1 is 0.875 bits per heavy atom. The number of aliphatic hydroxyl groups excluding tert-OH is 7. The van der Waals surface area contributed by atoms with Gasteiger partial charge in [-0.1, -0.05) is 30.3 Å². The number of rotatable bonds is 21. The minimum Gasteiger partial charge on any atom is -0.480 e. The average molecular weight is 821 g/mol. The molecule has 4 amide bonds. The zero-order valence-corrected chi connectivity index (χ0v) is 31.4. The lowest BCUT2D eigenvalue weighted by atomic mass is 9.96. The fourth-order valence-corrected chi connectivity index (χ4v) is 6.60. The lowest BCUT2D eigenvalue weighted by Gasteiger charge is -2.48. The van der Waals surface area contributed by atoms with E-state index >= 15 is 0 Å². The molecule has 1 aromatic rings. The van der Waals surface area contributed by atoms with E-state index in [1.165, 1.54) is 18.7 Å². The molecule has 0 bridgehead atoms. The number of aliphatic carboxylic acids is 1. The molecule has 22 heteroatoms. The van der Waals surface area contributed by atoms with Gasteiger partial charge in [0, 0.05) is 32.2 Å². The maximum Gasteiger partial charge on any atom is 0.408 e. The van der Waals surface area contributed by atoms with E-state index in [9.17, 15) is 59.7 Å². The summed E-state index contributed by atoms with van der Waals surface area (Å²) in [6.45, 7) is -0.743. The van der Waals surface area contributed by atoms with Crippen LogP contribution >= 0.6 is 11.8 Å². The molecule has 11 atom stereocenters. The van der Waals surface area contributed by atoms with E-state index in [2.05, 4.69) is 16.0 Å². The van der Waals surface area contributed by atoms with E-state index in [-0.39, 0.29) is 32.5 Å². The summed E-state index contributed by atoms with van der Waals surface area (Å²) in [5.41, 5.74) is 0.704. The minimum absolute atomic E-state index is 0.0611. The van der Waals surface area contributed by atoms with Crippen molar-refractivity contribution in [2.45, 2.75) is 100 Å². The van der Waals surface area contributed by atoms with E-state index < -0.39 is 117 Å². The monoisotopic (exact) mass is 820 g/mol. The van der Waals surface area contributed by atoms with Gasteiger partial charge in [-0.3, -0.25) is 19.2 Å². The molecule has 2 fully saturated rings. The second kappa shape index (κ2) is 23.5. The summed E-state index contributed by atoms with van der Waals surface area (Å²) in [6.07, 6.45) is -17.0. The molecule has 0 radical (unpaired) electrons. The number of hydrogen-bond acceptors (Lipinski definition) is 17. The van der Waals surface area contributed by atoms with Crippen molar-refractivity contribution in [2.24, 2.45) is 0 Å². The molecule has 3 rings (SSSR count). The topological polar surface area (TPSA) is 323 Å². The first-order valence-corrected chi connectivity index (χ1v) is 19.0. The summed E-state index contributed by atoms with van der Waals surface area (Å²) in [7, 11) is 0. The summed E-state index contributed by atoms with van der Waals surface area (Å²) < 4.78 is 21.8. The van der Waals surface area contributed by atoms with Crippen LogP contribution in [0.3, 0.4) is 0 Å². The van der Waals surface area contributed by atoms with E-state index in [1.807, 2.05) is 0 Å². The highest BCUT2D eigenvalue weighted by atomic mass is 32.2. The summed E-state index contributed by atoms with van der Waals surface area (Å²) in [5.74, 6) is -2.11. The van der Waals surface area contributed by atoms with Gasteiger partial charge in [0.1, 0.15) is 68.0 Å². The summed E-state index contributed by atoms with van der Waals surface area (Å²) in [4.78, 5) is 62.0. The smallest absolute Gasteiger partial charge is 0.408 e. The van der Waals surface area contributed by atoms with Crippen LogP contribution in [-0.2, 0) is 44.7 Å². The van der Waals surface area contributed by atoms with Crippen molar-refractivity contribution in [1.29, 1.82) is 0 Å². The van der Waals surface area contributed by atoms with Crippen molar-refractivity contribution >= 4 is 41.5 Å². The number of nitrogens with zero attached hydrogens (tertiary/aromatic N) is 1. The van der Waals surface area contributed by atoms with Crippen LogP contribution in [0, 0.1) is 0 Å². The van der Waals surface area contributed by atoms with Crippen LogP contribution in [0.15, 0.2) is 30.3 Å². The molecular formula is C34H52N4O17S. The molecule has 2 saturated heterocycles. The van der Waals surface area contributed by atoms with Gasteiger partial charge in [0.15, 0.2) is 12.5 Å². The Balaban J connectivity index is 1.42. The first kappa shape index (κ1) is 46.7.